The summed E-state index contributed by atoms with van der Waals surface area (Å²) in [5, 5.41) is 0.616. The Morgan fingerprint density at radius 2 is 1.43 bits per heavy atom. The molecule has 0 aliphatic carbocycles. The molecule has 1 saturated heterocycles. The van der Waals surface area contributed by atoms with Crippen molar-refractivity contribution in [3.63, 3.8) is 0 Å². The third-order valence-electron chi connectivity index (χ3n) is 3.62. The fourth-order valence-corrected chi connectivity index (χ4v) is 2.50. The molecule has 0 amide bonds. The maximum atomic E-state index is 12.4. The molecule has 3 rings (SSSR count). The lowest BCUT2D eigenvalue weighted by Gasteiger charge is -2.22. The molecule has 0 aromatic heterocycles. The van der Waals surface area contributed by atoms with E-state index in [1.54, 1.807) is 36.4 Å². The fraction of sp³-hybridized carbons (Fsp3) is 0.235. The van der Waals surface area contributed by atoms with Crippen molar-refractivity contribution in [2.75, 3.05) is 13.2 Å². The minimum Gasteiger partial charge on any atom is -0.344 e. The van der Waals surface area contributed by atoms with Crippen LogP contribution in [0.4, 0.5) is 0 Å². The van der Waals surface area contributed by atoms with Crippen LogP contribution in [-0.4, -0.2) is 19.0 Å². The van der Waals surface area contributed by atoms with E-state index in [1.807, 2.05) is 19.1 Å². The van der Waals surface area contributed by atoms with Gasteiger partial charge in [-0.3, -0.25) is 4.79 Å². The van der Waals surface area contributed by atoms with Crippen molar-refractivity contribution >= 4 is 17.4 Å². The first kappa shape index (κ1) is 14.3. The van der Waals surface area contributed by atoms with E-state index in [2.05, 4.69) is 0 Å². The van der Waals surface area contributed by atoms with Crippen molar-refractivity contribution in [3.8, 4) is 0 Å². The molecule has 1 fully saturated rings. The highest BCUT2D eigenvalue weighted by Gasteiger charge is 2.32. The number of carbonyl (C=O) groups is 1. The highest BCUT2D eigenvalue weighted by Crippen LogP contribution is 2.31. The van der Waals surface area contributed by atoms with Gasteiger partial charge >= 0.3 is 0 Å². The van der Waals surface area contributed by atoms with Crippen LogP contribution >= 0.6 is 11.6 Å². The van der Waals surface area contributed by atoms with Crippen LogP contribution in [0.3, 0.4) is 0 Å². The molecule has 3 nitrogen and oxygen atoms in total. The summed E-state index contributed by atoms with van der Waals surface area (Å²) in [7, 11) is 0. The van der Waals surface area contributed by atoms with Crippen LogP contribution in [0.2, 0.25) is 5.02 Å². The molecule has 108 valence electrons. The Labute approximate surface area is 128 Å². The number of halogens is 1. The minimum atomic E-state index is -0.706. The van der Waals surface area contributed by atoms with Gasteiger partial charge in [0, 0.05) is 21.7 Å². The third-order valence-corrected chi connectivity index (χ3v) is 3.87. The highest BCUT2D eigenvalue weighted by molar-refractivity contribution is 6.30. The van der Waals surface area contributed by atoms with Crippen molar-refractivity contribution in [2.24, 2.45) is 0 Å². The number of rotatable bonds is 3. The van der Waals surface area contributed by atoms with Crippen LogP contribution in [0, 0.1) is 0 Å². The highest BCUT2D eigenvalue weighted by atomic mass is 35.5. The van der Waals surface area contributed by atoms with Crippen molar-refractivity contribution in [3.05, 3.63) is 70.2 Å². The Balaban J connectivity index is 1.83. The summed E-state index contributed by atoms with van der Waals surface area (Å²) < 4.78 is 11.2. The van der Waals surface area contributed by atoms with E-state index in [0.29, 0.717) is 29.4 Å². The van der Waals surface area contributed by atoms with Gasteiger partial charge in [-0.2, -0.15) is 0 Å². The number of benzene rings is 2. The summed E-state index contributed by atoms with van der Waals surface area (Å²) in [6, 6.07) is 14.2. The average Bonchev–Trinajstić information content (AvgIpc) is 2.96. The topological polar surface area (TPSA) is 35.5 Å². The second kappa shape index (κ2) is 5.60. The molecule has 0 bridgehead atoms. The minimum absolute atomic E-state index is 0.0309. The third kappa shape index (κ3) is 2.86. The molecule has 2 aromatic carbocycles. The van der Waals surface area contributed by atoms with Crippen molar-refractivity contribution in [1.82, 2.24) is 0 Å². The first-order chi connectivity index (χ1) is 10.1. The molecule has 21 heavy (non-hydrogen) atoms. The Bertz CT molecular complexity index is 641. The molecule has 0 N–H and O–H groups in total. The molecular weight excluding hydrogens is 288 g/mol. The predicted octanol–water partition coefficient (Wildman–Crippen LogP) is 3.79. The fourth-order valence-electron chi connectivity index (χ4n) is 2.37. The number of ether oxygens (including phenoxy) is 2. The molecule has 0 radical (unpaired) electrons. The van der Waals surface area contributed by atoms with Gasteiger partial charge in [0.25, 0.3) is 0 Å². The van der Waals surface area contributed by atoms with E-state index >= 15 is 0 Å². The van der Waals surface area contributed by atoms with E-state index < -0.39 is 5.79 Å². The molecule has 1 heterocycles. The SMILES string of the molecule is CC1(c2ccc(C(=O)c3ccc(Cl)cc3)cc2)OCCO1. The van der Waals surface area contributed by atoms with Crippen LogP contribution in [0.5, 0.6) is 0 Å². The normalized spacial score (nSPS) is 16.9. The monoisotopic (exact) mass is 302 g/mol. The Hall–Kier alpha value is -1.68. The molecule has 4 heteroatoms. The van der Waals surface area contributed by atoms with E-state index in [0.717, 1.165) is 5.56 Å². The van der Waals surface area contributed by atoms with E-state index in [-0.39, 0.29) is 5.78 Å². The Morgan fingerprint density at radius 1 is 0.952 bits per heavy atom. The van der Waals surface area contributed by atoms with Crippen LogP contribution in [0.25, 0.3) is 0 Å². The van der Waals surface area contributed by atoms with Gasteiger partial charge in [0.1, 0.15) is 0 Å². The van der Waals surface area contributed by atoms with Gasteiger partial charge in [-0.25, -0.2) is 0 Å². The number of hydrogen-bond donors (Lipinski definition) is 0. The summed E-state index contributed by atoms with van der Waals surface area (Å²) in [5.41, 5.74) is 2.15. The summed E-state index contributed by atoms with van der Waals surface area (Å²) in [6.07, 6.45) is 0. The van der Waals surface area contributed by atoms with Crippen molar-refractivity contribution in [1.29, 1.82) is 0 Å². The summed E-state index contributed by atoms with van der Waals surface area (Å²) >= 11 is 5.83. The van der Waals surface area contributed by atoms with E-state index in [4.69, 9.17) is 21.1 Å². The summed E-state index contributed by atoms with van der Waals surface area (Å²) in [6.45, 7) is 3.06. The second-order valence-corrected chi connectivity index (χ2v) is 5.49. The Morgan fingerprint density at radius 3 is 1.95 bits per heavy atom. The summed E-state index contributed by atoms with van der Waals surface area (Å²) in [5.74, 6) is -0.737. The van der Waals surface area contributed by atoms with Crippen LogP contribution in [-0.2, 0) is 15.3 Å². The maximum absolute atomic E-state index is 12.4. The van der Waals surface area contributed by atoms with Gasteiger partial charge in [-0.1, -0.05) is 35.9 Å². The van der Waals surface area contributed by atoms with Gasteiger partial charge in [0.05, 0.1) is 13.2 Å². The zero-order valence-electron chi connectivity index (χ0n) is 11.6. The molecule has 0 spiro atoms. The molecule has 0 unspecified atom stereocenters. The van der Waals surface area contributed by atoms with E-state index in [9.17, 15) is 4.79 Å². The number of ketones is 1. The molecule has 0 atom stereocenters. The first-order valence-electron chi connectivity index (χ1n) is 6.77. The van der Waals surface area contributed by atoms with Crippen molar-refractivity contribution < 1.29 is 14.3 Å². The summed E-state index contributed by atoms with van der Waals surface area (Å²) in [4.78, 5) is 12.4. The zero-order valence-corrected chi connectivity index (χ0v) is 12.4. The van der Waals surface area contributed by atoms with Crippen molar-refractivity contribution in [2.45, 2.75) is 12.7 Å². The maximum Gasteiger partial charge on any atom is 0.193 e. The van der Waals surface area contributed by atoms with Gasteiger partial charge in [-0.15, -0.1) is 0 Å². The predicted molar refractivity (Wildman–Crippen MR) is 80.6 cm³/mol. The second-order valence-electron chi connectivity index (χ2n) is 5.06. The molecule has 0 saturated carbocycles. The van der Waals surface area contributed by atoms with Crippen LogP contribution < -0.4 is 0 Å². The number of hydrogen-bond acceptors (Lipinski definition) is 3. The Kier molecular flexibility index (Phi) is 3.81. The smallest absolute Gasteiger partial charge is 0.193 e. The van der Waals surface area contributed by atoms with Crippen LogP contribution in [0.15, 0.2) is 48.5 Å². The quantitative estimate of drug-likeness (QED) is 0.809. The van der Waals surface area contributed by atoms with Gasteiger partial charge in [-0.05, 0) is 31.2 Å². The lowest BCUT2D eigenvalue weighted by Crippen LogP contribution is -2.22. The van der Waals surface area contributed by atoms with Gasteiger partial charge in [0.15, 0.2) is 11.6 Å². The average molecular weight is 303 g/mol. The lowest BCUT2D eigenvalue weighted by atomic mass is 10.00. The van der Waals surface area contributed by atoms with Gasteiger partial charge in [0.2, 0.25) is 0 Å². The zero-order chi connectivity index (χ0) is 14.9. The molecular formula is C17H15ClO3. The molecule has 2 aromatic rings. The first-order valence-corrected chi connectivity index (χ1v) is 7.15. The lowest BCUT2D eigenvalue weighted by molar-refractivity contribution is -0.149. The van der Waals surface area contributed by atoms with E-state index in [1.165, 1.54) is 0 Å². The standard InChI is InChI=1S/C17H15ClO3/c1-17(20-10-11-21-17)14-6-2-12(3-7-14)16(19)13-4-8-15(18)9-5-13/h2-9H,10-11H2,1H3. The van der Waals surface area contributed by atoms with Gasteiger partial charge < -0.3 is 9.47 Å². The molecule has 1 aliphatic heterocycles. The molecule has 1 aliphatic rings. The number of carbonyl (C=O) groups excluding carboxylic acids is 1. The van der Waals surface area contributed by atoms with Crippen LogP contribution in [0.1, 0.15) is 28.4 Å². The largest absolute Gasteiger partial charge is 0.344 e.